The Morgan fingerprint density at radius 3 is 2.40 bits per heavy atom. The lowest BCUT2D eigenvalue weighted by Gasteiger charge is -2.27. The van der Waals surface area contributed by atoms with Gasteiger partial charge in [0.1, 0.15) is 0 Å². The summed E-state index contributed by atoms with van der Waals surface area (Å²) in [4.78, 5) is 0. The number of hydrogen-bond acceptors (Lipinski definition) is 3. The summed E-state index contributed by atoms with van der Waals surface area (Å²) in [6.45, 7) is 4.88. The minimum Gasteiger partial charge on any atom is -0.317 e. The molecule has 86 valence electrons. The van der Waals surface area contributed by atoms with E-state index in [2.05, 4.69) is 16.0 Å². The summed E-state index contributed by atoms with van der Waals surface area (Å²) in [6, 6.07) is 0. The Hall–Kier alpha value is -0.570. The second-order valence-electron chi connectivity index (χ2n) is 4.37. The Bertz CT molecular complexity index is 348. The van der Waals surface area contributed by atoms with E-state index in [9.17, 15) is 8.42 Å². The lowest BCUT2D eigenvalue weighted by molar-refractivity contribution is 0.475. The van der Waals surface area contributed by atoms with Gasteiger partial charge in [-0.05, 0) is 39.8 Å². The van der Waals surface area contributed by atoms with Crippen molar-refractivity contribution < 1.29 is 8.42 Å². The fourth-order valence-corrected chi connectivity index (χ4v) is 3.37. The molecule has 4 nitrogen and oxygen atoms in total. The molecule has 0 aromatic heterocycles. The molecule has 0 atom stereocenters. The van der Waals surface area contributed by atoms with Crippen LogP contribution in [0.15, 0.2) is 0 Å². The molecule has 1 aliphatic rings. The molecule has 0 amide bonds. The molecule has 15 heavy (non-hydrogen) atoms. The van der Waals surface area contributed by atoms with Crippen LogP contribution in [0.1, 0.15) is 26.7 Å². The van der Waals surface area contributed by atoms with Crippen LogP contribution in [0.5, 0.6) is 0 Å². The van der Waals surface area contributed by atoms with Crippen molar-refractivity contribution in [2.75, 3.05) is 13.1 Å². The molecule has 1 rings (SSSR count). The van der Waals surface area contributed by atoms with Crippen molar-refractivity contribution in [3.8, 4) is 12.3 Å². The van der Waals surface area contributed by atoms with Crippen LogP contribution in [0, 0.1) is 12.3 Å². The zero-order chi connectivity index (χ0) is 11.5. The second kappa shape index (κ2) is 4.52. The molecule has 0 saturated carbocycles. The average molecular weight is 230 g/mol. The number of sulfonamides is 1. The van der Waals surface area contributed by atoms with E-state index in [0.717, 1.165) is 13.1 Å². The Kier molecular flexibility index (Phi) is 3.77. The van der Waals surface area contributed by atoms with Gasteiger partial charge in [0.15, 0.2) is 0 Å². The van der Waals surface area contributed by atoms with E-state index in [-0.39, 0.29) is 5.25 Å². The Balaban J connectivity index is 2.71. The van der Waals surface area contributed by atoms with Gasteiger partial charge in [-0.1, -0.05) is 5.92 Å². The maximum absolute atomic E-state index is 11.9. The zero-order valence-electron chi connectivity index (χ0n) is 9.21. The Morgan fingerprint density at radius 1 is 1.40 bits per heavy atom. The van der Waals surface area contributed by atoms with Crippen molar-refractivity contribution in [3.05, 3.63) is 0 Å². The molecule has 0 aromatic rings. The summed E-state index contributed by atoms with van der Waals surface area (Å²) in [5, 5.41) is 2.82. The summed E-state index contributed by atoms with van der Waals surface area (Å²) in [6.07, 6.45) is 6.55. The standard InChI is InChI=1S/C10H18N2O2S/c1-4-10(2,3)12-15(13,14)9-5-7-11-8-6-9/h1,9,11-12H,5-8H2,2-3H3. The molecule has 0 aliphatic carbocycles. The summed E-state index contributed by atoms with van der Waals surface area (Å²) in [7, 11) is -3.29. The molecule has 1 aliphatic heterocycles. The van der Waals surface area contributed by atoms with Gasteiger partial charge in [0.2, 0.25) is 10.0 Å². The molecule has 0 bridgehead atoms. The molecule has 0 unspecified atom stereocenters. The number of nitrogens with one attached hydrogen (secondary N) is 2. The minimum absolute atomic E-state index is 0.314. The van der Waals surface area contributed by atoms with Crippen molar-refractivity contribution >= 4 is 10.0 Å². The lowest BCUT2D eigenvalue weighted by atomic mass is 10.1. The number of terminal acetylenes is 1. The fourth-order valence-electron chi connectivity index (χ4n) is 1.57. The number of piperidine rings is 1. The van der Waals surface area contributed by atoms with Crippen molar-refractivity contribution in [3.63, 3.8) is 0 Å². The predicted octanol–water partition coefficient (Wildman–Crippen LogP) is 0.0696. The SMILES string of the molecule is C#CC(C)(C)NS(=O)(=O)C1CCNCC1. The van der Waals surface area contributed by atoms with Gasteiger partial charge in [-0.3, -0.25) is 0 Å². The number of hydrogen-bond donors (Lipinski definition) is 2. The van der Waals surface area contributed by atoms with E-state index in [1.165, 1.54) is 0 Å². The van der Waals surface area contributed by atoms with Crippen molar-refractivity contribution in [1.82, 2.24) is 10.0 Å². The lowest BCUT2D eigenvalue weighted by Crippen LogP contribution is -2.49. The maximum Gasteiger partial charge on any atom is 0.215 e. The highest BCUT2D eigenvalue weighted by atomic mass is 32.2. The first kappa shape index (κ1) is 12.5. The van der Waals surface area contributed by atoms with Crippen molar-refractivity contribution in [2.24, 2.45) is 0 Å². The normalized spacial score (nSPS) is 19.8. The quantitative estimate of drug-likeness (QED) is 0.675. The van der Waals surface area contributed by atoms with Crippen molar-refractivity contribution in [2.45, 2.75) is 37.5 Å². The van der Waals surface area contributed by atoms with Gasteiger partial charge in [0.25, 0.3) is 0 Å². The molecular formula is C10H18N2O2S. The van der Waals surface area contributed by atoms with Crippen LogP contribution in [-0.2, 0) is 10.0 Å². The molecule has 1 heterocycles. The van der Waals surface area contributed by atoms with E-state index in [1.807, 2.05) is 0 Å². The molecule has 0 aromatic carbocycles. The highest BCUT2D eigenvalue weighted by molar-refractivity contribution is 7.90. The summed E-state index contributed by atoms with van der Waals surface area (Å²) < 4.78 is 26.4. The van der Waals surface area contributed by atoms with Gasteiger partial charge < -0.3 is 5.32 Å². The first-order chi connectivity index (χ1) is 6.87. The highest BCUT2D eigenvalue weighted by Crippen LogP contribution is 2.14. The molecule has 1 fully saturated rings. The molecule has 0 spiro atoms. The van der Waals surface area contributed by atoms with E-state index in [1.54, 1.807) is 13.8 Å². The third-order valence-corrected chi connectivity index (χ3v) is 4.63. The van der Waals surface area contributed by atoms with Crippen LogP contribution in [0.2, 0.25) is 0 Å². The Labute approximate surface area is 91.9 Å². The highest BCUT2D eigenvalue weighted by Gasteiger charge is 2.31. The molecule has 5 heteroatoms. The van der Waals surface area contributed by atoms with Gasteiger partial charge in [0.05, 0.1) is 10.8 Å². The van der Waals surface area contributed by atoms with Gasteiger partial charge >= 0.3 is 0 Å². The first-order valence-corrected chi connectivity index (χ1v) is 6.63. The largest absolute Gasteiger partial charge is 0.317 e. The fraction of sp³-hybridized carbons (Fsp3) is 0.800. The predicted molar refractivity (Wildman–Crippen MR) is 60.9 cm³/mol. The third-order valence-electron chi connectivity index (χ3n) is 2.48. The summed E-state index contributed by atoms with van der Waals surface area (Å²) in [5.74, 6) is 2.43. The van der Waals surface area contributed by atoms with Gasteiger partial charge in [0, 0.05) is 0 Å². The van der Waals surface area contributed by atoms with E-state index in [0.29, 0.717) is 12.8 Å². The van der Waals surface area contributed by atoms with Gasteiger partial charge in [-0.25, -0.2) is 8.42 Å². The minimum atomic E-state index is -3.29. The molecular weight excluding hydrogens is 212 g/mol. The average Bonchev–Trinajstić information content (AvgIpc) is 2.18. The second-order valence-corrected chi connectivity index (χ2v) is 6.33. The van der Waals surface area contributed by atoms with Gasteiger partial charge in [-0.15, -0.1) is 6.42 Å². The first-order valence-electron chi connectivity index (χ1n) is 5.09. The van der Waals surface area contributed by atoms with Crippen molar-refractivity contribution in [1.29, 1.82) is 0 Å². The maximum atomic E-state index is 11.9. The molecule has 0 radical (unpaired) electrons. The van der Waals surface area contributed by atoms with Crippen LogP contribution in [0.3, 0.4) is 0 Å². The van der Waals surface area contributed by atoms with Crippen LogP contribution >= 0.6 is 0 Å². The molecule has 2 N–H and O–H groups in total. The topological polar surface area (TPSA) is 58.2 Å². The van der Waals surface area contributed by atoms with E-state index >= 15 is 0 Å². The van der Waals surface area contributed by atoms with Crippen LogP contribution in [-0.4, -0.2) is 32.3 Å². The van der Waals surface area contributed by atoms with Crippen LogP contribution in [0.25, 0.3) is 0 Å². The van der Waals surface area contributed by atoms with Gasteiger partial charge in [-0.2, -0.15) is 4.72 Å². The number of rotatable bonds is 3. The summed E-state index contributed by atoms with van der Waals surface area (Å²) >= 11 is 0. The molecule has 1 saturated heterocycles. The smallest absolute Gasteiger partial charge is 0.215 e. The third kappa shape index (κ3) is 3.49. The van der Waals surface area contributed by atoms with Crippen LogP contribution < -0.4 is 10.0 Å². The van der Waals surface area contributed by atoms with E-state index < -0.39 is 15.6 Å². The summed E-state index contributed by atoms with van der Waals surface area (Å²) in [5.41, 5.74) is -0.802. The van der Waals surface area contributed by atoms with E-state index in [4.69, 9.17) is 6.42 Å². The van der Waals surface area contributed by atoms with Crippen LogP contribution in [0.4, 0.5) is 0 Å². The Morgan fingerprint density at radius 2 is 1.93 bits per heavy atom. The monoisotopic (exact) mass is 230 g/mol. The zero-order valence-corrected chi connectivity index (χ0v) is 10.0.